The van der Waals surface area contributed by atoms with Crippen LogP contribution in [-0.4, -0.2) is 59.6 Å². The van der Waals surface area contributed by atoms with Gasteiger partial charge in [0.2, 0.25) is 0 Å². The number of aromatic nitrogens is 2. The lowest BCUT2D eigenvalue weighted by molar-refractivity contribution is -0.165. The summed E-state index contributed by atoms with van der Waals surface area (Å²) in [6, 6.07) is 1.17. The first kappa shape index (κ1) is 35.6. The predicted octanol–water partition coefficient (Wildman–Crippen LogP) is 2.85. The lowest BCUT2D eigenvalue weighted by Crippen LogP contribution is -2.46. The highest BCUT2D eigenvalue weighted by molar-refractivity contribution is 7.66. The van der Waals surface area contributed by atoms with E-state index < -0.39 is 65.8 Å². The Morgan fingerprint density at radius 2 is 1.71 bits per heavy atom. The molecule has 1 aliphatic rings. The SMILES string of the molecule is CCCCCCCCCC(=O)O[C@H]1[C@@H](F)[C@H](n2ccc(N)nc2=O)O[C@]1(C)COP(=O)(O)OP(=O)(O)OP(=O)(O)O. The molecule has 6 N–H and O–H groups in total. The first-order chi connectivity index (χ1) is 18.9. The average Bonchev–Trinajstić information content (AvgIpc) is 3.05. The smallest absolute Gasteiger partial charge is 0.456 e. The number of rotatable bonds is 17. The number of halogens is 1. The second-order valence-electron chi connectivity index (χ2n) is 9.45. The van der Waals surface area contributed by atoms with Gasteiger partial charge < -0.3 is 34.8 Å². The second kappa shape index (κ2) is 14.8. The number of nitrogens with zero attached hydrogens (tertiary/aromatic N) is 2. The molecule has 1 aliphatic heterocycles. The van der Waals surface area contributed by atoms with Crippen LogP contribution in [0.2, 0.25) is 0 Å². The topological polar surface area (TPSA) is 256 Å². The molecule has 0 bridgehead atoms. The third-order valence-corrected chi connectivity index (χ3v) is 9.63. The van der Waals surface area contributed by atoms with Crippen molar-refractivity contribution in [3.63, 3.8) is 0 Å². The molecule has 1 saturated heterocycles. The maximum Gasteiger partial charge on any atom is 0.490 e. The quantitative estimate of drug-likeness (QED) is 0.0920. The van der Waals surface area contributed by atoms with Gasteiger partial charge in [0.25, 0.3) is 0 Å². The maximum absolute atomic E-state index is 15.7. The van der Waals surface area contributed by atoms with E-state index in [4.69, 9.17) is 25.0 Å². The van der Waals surface area contributed by atoms with Gasteiger partial charge in [0.05, 0.1) is 6.61 Å². The number of carbonyl (C=O) groups is 1. The molecule has 2 rings (SSSR count). The fourth-order valence-corrected chi connectivity index (χ4v) is 7.08. The Kier molecular flexibility index (Phi) is 12.8. The summed E-state index contributed by atoms with van der Waals surface area (Å²) < 4.78 is 73.9. The van der Waals surface area contributed by atoms with Crippen LogP contribution in [0.4, 0.5) is 10.2 Å². The first-order valence-corrected chi connectivity index (χ1v) is 17.0. The molecule has 1 fully saturated rings. The van der Waals surface area contributed by atoms with Crippen molar-refractivity contribution in [1.29, 1.82) is 0 Å². The van der Waals surface area contributed by atoms with Gasteiger partial charge in [0.1, 0.15) is 11.4 Å². The van der Waals surface area contributed by atoms with E-state index in [-0.39, 0.29) is 12.2 Å². The van der Waals surface area contributed by atoms with E-state index >= 15 is 4.39 Å². The van der Waals surface area contributed by atoms with Crippen LogP contribution in [0.3, 0.4) is 0 Å². The molecule has 0 aliphatic carbocycles. The Labute approximate surface area is 234 Å². The summed E-state index contributed by atoms with van der Waals surface area (Å²) in [7, 11) is -17.1. The number of ether oxygens (including phenoxy) is 2. The summed E-state index contributed by atoms with van der Waals surface area (Å²) in [6.07, 6.45) is 1.43. The predicted molar refractivity (Wildman–Crippen MR) is 139 cm³/mol. The fraction of sp³-hybridized carbons (Fsp3) is 0.750. The van der Waals surface area contributed by atoms with Crippen molar-refractivity contribution in [3.8, 4) is 0 Å². The van der Waals surface area contributed by atoms with Gasteiger partial charge in [-0.05, 0) is 19.4 Å². The van der Waals surface area contributed by atoms with E-state index in [1.54, 1.807) is 0 Å². The van der Waals surface area contributed by atoms with Crippen molar-refractivity contribution in [2.24, 2.45) is 0 Å². The monoisotopic (exact) mass is 653 g/mol. The molecule has 0 saturated carbocycles. The Hall–Kier alpha value is -1.55. The maximum atomic E-state index is 15.7. The summed E-state index contributed by atoms with van der Waals surface area (Å²) in [5.74, 6) is -1.00. The molecule has 2 unspecified atom stereocenters. The Balaban J connectivity index is 2.18. The standard InChI is InChI=1S/C20H35FN3O14P3/c1-3-4-5-6-7-8-9-10-15(25)35-17-16(21)18(24-12-11-14(22)23-19(24)26)36-20(17,2)13-34-40(30,31)38-41(32,33)37-39(27,28)29/h11-12,16-18H,3-10,13H2,1-2H3,(H,30,31)(H,32,33)(H2,22,23,26)(H2,27,28,29)/t16-,17+,18-,20-/m1/s1. The molecule has 236 valence electrons. The molecule has 1 aromatic heterocycles. The minimum absolute atomic E-state index is 0.0863. The van der Waals surface area contributed by atoms with Gasteiger partial charge >= 0.3 is 35.1 Å². The normalized spacial score (nSPS) is 25.9. The van der Waals surface area contributed by atoms with E-state index in [1.165, 1.54) is 6.07 Å². The number of hydrogen-bond acceptors (Lipinski definition) is 12. The molecule has 21 heteroatoms. The lowest BCUT2D eigenvalue weighted by Gasteiger charge is -2.30. The Bertz CT molecular complexity index is 1250. The molecular weight excluding hydrogens is 618 g/mol. The highest BCUT2D eigenvalue weighted by atomic mass is 31.3. The van der Waals surface area contributed by atoms with Gasteiger partial charge in [-0.15, -0.1) is 0 Å². The minimum atomic E-state index is -5.83. The largest absolute Gasteiger partial charge is 0.490 e. The van der Waals surface area contributed by atoms with Crippen LogP contribution >= 0.6 is 23.5 Å². The molecule has 17 nitrogen and oxygen atoms in total. The highest BCUT2D eigenvalue weighted by Gasteiger charge is 2.57. The van der Waals surface area contributed by atoms with E-state index in [0.717, 1.165) is 51.6 Å². The first-order valence-electron chi connectivity index (χ1n) is 12.5. The van der Waals surface area contributed by atoms with Crippen molar-refractivity contribution in [2.75, 3.05) is 12.3 Å². The van der Waals surface area contributed by atoms with Crippen LogP contribution in [0.25, 0.3) is 0 Å². The van der Waals surface area contributed by atoms with E-state index in [0.29, 0.717) is 11.0 Å². The third kappa shape index (κ3) is 11.6. The molecule has 0 spiro atoms. The minimum Gasteiger partial charge on any atom is -0.456 e. The van der Waals surface area contributed by atoms with Crippen LogP contribution in [0.1, 0.15) is 71.4 Å². The number of anilines is 1. The number of unbranched alkanes of at least 4 members (excludes halogenated alkanes) is 6. The highest BCUT2D eigenvalue weighted by Crippen LogP contribution is 2.66. The zero-order valence-electron chi connectivity index (χ0n) is 22.3. The van der Waals surface area contributed by atoms with Crippen molar-refractivity contribution in [3.05, 3.63) is 22.7 Å². The summed E-state index contributed by atoms with van der Waals surface area (Å²) in [5.41, 5.74) is 2.33. The van der Waals surface area contributed by atoms with Gasteiger partial charge in [0, 0.05) is 12.6 Å². The van der Waals surface area contributed by atoms with Crippen LogP contribution < -0.4 is 11.4 Å². The molecule has 0 amide bonds. The summed E-state index contributed by atoms with van der Waals surface area (Å²) in [5, 5.41) is 0. The number of hydrogen-bond donors (Lipinski definition) is 5. The van der Waals surface area contributed by atoms with Gasteiger partial charge in [-0.2, -0.15) is 13.6 Å². The zero-order chi connectivity index (χ0) is 31.1. The second-order valence-corrected chi connectivity index (χ2v) is 13.9. The molecule has 1 aromatic rings. The number of phosphoric ester groups is 1. The Morgan fingerprint density at radius 1 is 1.10 bits per heavy atom. The van der Waals surface area contributed by atoms with Crippen molar-refractivity contribution < 1.29 is 65.1 Å². The van der Waals surface area contributed by atoms with Gasteiger partial charge in [-0.3, -0.25) is 13.9 Å². The van der Waals surface area contributed by atoms with Crippen LogP contribution in [0, 0.1) is 0 Å². The van der Waals surface area contributed by atoms with Crippen LogP contribution in [-0.2, 0) is 41.1 Å². The molecule has 2 heterocycles. The Morgan fingerprint density at radius 3 is 2.29 bits per heavy atom. The van der Waals surface area contributed by atoms with E-state index in [1.807, 2.05) is 0 Å². The molecule has 6 atom stereocenters. The van der Waals surface area contributed by atoms with E-state index in [2.05, 4.69) is 25.1 Å². The molecule has 41 heavy (non-hydrogen) atoms. The number of nitrogens with two attached hydrogens (primary N) is 1. The molecule has 0 radical (unpaired) electrons. The number of esters is 1. The summed E-state index contributed by atoms with van der Waals surface area (Å²) >= 11 is 0. The number of nitrogen functional groups attached to an aromatic ring is 1. The number of alkyl halides is 1. The van der Waals surface area contributed by atoms with Crippen molar-refractivity contribution in [2.45, 2.75) is 89.3 Å². The average molecular weight is 653 g/mol. The van der Waals surface area contributed by atoms with Crippen LogP contribution in [0.15, 0.2) is 17.1 Å². The van der Waals surface area contributed by atoms with Gasteiger partial charge in [-0.25, -0.2) is 22.9 Å². The van der Waals surface area contributed by atoms with Gasteiger partial charge in [0.15, 0.2) is 18.5 Å². The van der Waals surface area contributed by atoms with Crippen molar-refractivity contribution in [1.82, 2.24) is 9.55 Å². The van der Waals surface area contributed by atoms with Gasteiger partial charge in [-0.1, -0.05) is 45.4 Å². The fourth-order valence-electron chi connectivity index (χ4n) is 3.97. The molecule has 0 aromatic carbocycles. The number of carbonyl (C=O) groups excluding carboxylic acids is 1. The number of phosphoric acid groups is 3. The zero-order valence-corrected chi connectivity index (χ0v) is 25.0. The van der Waals surface area contributed by atoms with Crippen molar-refractivity contribution >= 4 is 35.3 Å². The lowest BCUT2D eigenvalue weighted by atomic mass is 9.99. The van der Waals surface area contributed by atoms with Crippen LogP contribution in [0.5, 0.6) is 0 Å². The molecular formula is C20H35FN3O14P3. The van der Waals surface area contributed by atoms with E-state index in [9.17, 15) is 33.1 Å². The summed E-state index contributed by atoms with van der Waals surface area (Å²) in [4.78, 5) is 64.9. The third-order valence-electron chi connectivity index (χ3n) is 5.85. The summed E-state index contributed by atoms with van der Waals surface area (Å²) in [6.45, 7) is 2.05.